The molecule has 1 aromatic carbocycles. The average Bonchev–Trinajstić information content (AvgIpc) is 3.58. The van der Waals surface area contributed by atoms with Gasteiger partial charge in [0.2, 0.25) is 11.8 Å². The molecule has 0 amide bonds. The molecule has 0 radical (unpaired) electrons. The molecule has 0 spiro atoms. The molecule has 1 fully saturated rings. The van der Waals surface area contributed by atoms with Gasteiger partial charge in [0.25, 0.3) is 0 Å². The van der Waals surface area contributed by atoms with Crippen molar-refractivity contribution in [3.63, 3.8) is 0 Å². The van der Waals surface area contributed by atoms with E-state index in [1.54, 1.807) is 32.4 Å². The smallest absolute Gasteiger partial charge is 0.435 e. The quantitative estimate of drug-likeness (QED) is 0.298. The number of nitrogens with one attached hydrogen (secondary N) is 1. The van der Waals surface area contributed by atoms with Crippen LogP contribution in [0.1, 0.15) is 48.3 Å². The number of aromatic nitrogens is 8. The van der Waals surface area contributed by atoms with Gasteiger partial charge >= 0.3 is 6.18 Å². The molecule has 1 N–H and O–H groups in total. The van der Waals surface area contributed by atoms with Gasteiger partial charge in [-0.2, -0.15) is 23.4 Å². The molecule has 4 heterocycles. The van der Waals surface area contributed by atoms with Gasteiger partial charge in [-0.3, -0.25) is 5.10 Å². The lowest BCUT2D eigenvalue weighted by Gasteiger charge is -2.10. The third-order valence-electron chi connectivity index (χ3n) is 6.41. The van der Waals surface area contributed by atoms with Crippen LogP contribution < -0.4 is 9.47 Å². The van der Waals surface area contributed by atoms with E-state index in [9.17, 15) is 13.2 Å². The van der Waals surface area contributed by atoms with E-state index in [2.05, 4.69) is 30.2 Å². The predicted molar refractivity (Wildman–Crippen MR) is 134 cm³/mol. The van der Waals surface area contributed by atoms with Crippen molar-refractivity contribution in [1.29, 1.82) is 0 Å². The minimum Gasteiger partial charge on any atom is -0.480 e. The van der Waals surface area contributed by atoms with Crippen molar-refractivity contribution in [1.82, 2.24) is 39.9 Å². The number of ether oxygens (including phenoxy) is 2. The first-order valence-electron chi connectivity index (χ1n) is 12.3. The highest BCUT2D eigenvalue weighted by Gasteiger charge is 2.35. The number of nitrogens with zero attached hydrogens (tertiary/aromatic N) is 7. The fourth-order valence-corrected chi connectivity index (χ4v) is 4.41. The second kappa shape index (κ2) is 9.64. The van der Waals surface area contributed by atoms with E-state index >= 15 is 0 Å². The largest absolute Gasteiger partial charge is 0.480 e. The second-order valence-corrected chi connectivity index (χ2v) is 9.10. The van der Waals surface area contributed by atoms with E-state index in [1.807, 2.05) is 12.1 Å². The molecule has 4 aromatic heterocycles. The molecule has 13 heteroatoms. The summed E-state index contributed by atoms with van der Waals surface area (Å²) in [5.41, 5.74) is 3.90. The van der Waals surface area contributed by atoms with Crippen molar-refractivity contribution in [2.24, 2.45) is 0 Å². The van der Waals surface area contributed by atoms with Gasteiger partial charge < -0.3 is 9.47 Å². The zero-order valence-corrected chi connectivity index (χ0v) is 21.0. The number of aromatic amines is 1. The van der Waals surface area contributed by atoms with Crippen LogP contribution in [0.5, 0.6) is 11.8 Å². The summed E-state index contributed by atoms with van der Waals surface area (Å²) in [5, 5.41) is 11.1. The number of halogens is 3. The molecule has 0 aliphatic heterocycles. The molecular weight excluding hydrogens is 513 g/mol. The highest BCUT2D eigenvalue weighted by atomic mass is 19.4. The van der Waals surface area contributed by atoms with Gasteiger partial charge in [-0.1, -0.05) is 12.1 Å². The minimum atomic E-state index is -4.57. The molecule has 0 bridgehead atoms. The number of benzene rings is 1. The van der Waals surface area contributed by atoms with Crippen LogP contribution in [0.4, 0.5) is 13.2 Å². The molecular formula is C26H23F3N8O2. The first kappa shape index (κ1) is 24.8. The molecule has 1 saturated carbocycles. The molecule has 0 atom stereocenters. The third kappa shape index (κ3) is 4.75. The summed E-state index contributed by atoms with van der Waals surface area (Å²) in [6.45, 7) is 1.91. The topological polar surface area (TPSA) is 117 Å². The van der Waals surface area contributed by atoms with Gasteiger partial charge in [-0.15, -0.1) is 0 Å². The number of H-pyrrole nitrogens is 1. The van der Waals surface area contributed by atoms with Gasteiger partial charge in [-0.25, -0.2) is 24.6 Å². The Morgan fingerprint density at radius 1 is 1.10 bits per heavy atom. The summed E-state index contributed by atoms with van der Waals surface area (Å²) >= 11 is 0. The monoisotopic (exact) mass is 536 g/mol. The van der Waals surface area contributed by atoms with Gasteiger partial charge in [0.05, 0.1) is 37.0 Å². The summed E-state index contributed by atoms with van der Waals surface area (Å²) in [7, 11) is 1.55. The van der Waals surface area contributed by atoms with Gasteiger partial charge in [-0.05, 0) is 37.5 Å². The Morgan fingerprint density at radius 3 is 2.59 bits per heavy atom. The maximum atomic E-state index is 13.2. The lowest BCUT2D eigenvalue weighted by molar-refractivity contribution is -0.141. The fourth-order valence-electron chi connectivity index (χ4n) is 4.41. The van der Waals surface area contributed by atoms with E-state index in [0.29, 0.717) is 46.3 Å². The van der Waals surface area contributed by atoms with Crippen LogP contribution in [-0.2, 0) is 12.6 Å². The third-order valence-corrected chi connectivity index (χ3v) is 6.41. The number of hydrogen-bond acceptors (Lipinski definition) is 8. The Bertz CT molecular complexity index is 1640. The van der Waals surface area contributed by atoms with Crippen molar-refractivity contribution >= 4 is 11.0 Å². The fraction of sp³-hybridized carbons (Fsp3) is 0.308. The van der Waals surface area contributed by atoms with E-state index in [-0.39, 0.29) is 12.5 Å². The maximum Gasteiger partial charge on any atom is 0.435 e. The Balaban J connectivity index is 1.31. The standard InChI is InChI=1S/C26H23F3N8O2/c1-3-39-20-11-19(26(27,28)29)36-37(20)16-8-4-14(5-9-16)10-17-23-18(35-34-17)12-30-24(33-23)21-22(15-6-7-15)31-13-32-25(21)38-2/h4-5,8-9,11-13,15H,3,6-7,10H2,1-2H3,(H,34,35). The lowest BCUT2D eigenvalue weighted by atomic mass is 10.1. The average molecular weight is 537 g/mol. The molecule has 200 valence electrons. The molecule has 1 aliphatic carbocycles. The zero-order valence-electron chi connectivity index (χ0n) is 21.0. The summed E-state index contributed by atoms with van der Waals surface area (Å²) in [5.74, 6) is 1.24. The predicted octanol–water partition coefficient (Wildman–Crippen LogP) is 4.89. The van der Waals surface area contributed by atoms with Crippen LogP contribution in [0.3, 0.4) is 0 Å². The molecule has 0 saturated heterocycles. The maximum absolute atomic E-state index is 13.2. The number of fused-ring (bicyclic) bond motifs is 1. The zero-order chi connectivity index (χ0) is 27.1. The molecule has 10 nitrogen and oxygen atoms in total. The number of rotatable bonds is 8. The van der Waals surface area contributed by atoms with Crippen LogP contribution in [0.15, 0.2) is 42.9 Å². The Kier molecular flexibility index (Phi) is 6.12. The van der Waals surface area contributed by atoms with E-state index in [4.69, 9.17) is 14.5 Å². The van der Waals surface area contributed by atoms with Crippen molar-refractivity contribution < 1.29 is 22.6 Å². The summed E-state index contributed by atoms with van der Waals surface area (Å²) in [6.07, 6.45) is 1.11. The van der Waals surface area contributed by atoms with Gasteiger partial charge in [0.15, 0.2) is 11.5 Å². The number of methoxy groups -OCH3 is 1. The number of alkyl halides is 3. The van der Waals surface area contributed by atoms with Crippen LogP contribution in [0.2, 0.25) is 0 Å². The molecule has 39 heavy (non-hydrogen) atoms. The highest BCUT2D eigenvalue weighted by Crippen LogP contribution is 2.45. The summed E-state index contributed by atoms with van der Waals surface area (Å²) in [4.78, 5) is 18.0. The van der Waals surface area contributed by atoms with Gasteiger partial charge in [0, 0.05) is 18.4 Å². The van der Waals surface area contributed by atoms with Crippen LogP contribution in [-0.4, -0.2) is 53.6 Å². The van der Waals surface area contributed by atoms with Crippen LogP contribution >= 0.6 is 0 Å². The van der Waals surface area contributed by atoms with Crippen molar-refractivity contribution in [3.8, 4) is 28.8 Å². The SMILES string of the molecule is CCOc1cc(C(F)(F)F)nn1-c1ccc(Cc2[nH]nc3cnc(-c4c(OC)ncnc4C4CC4)nc23)cc1. The summed E-state index contributed by atoms with van der Waals surface area (Å²) in [6, 6.07) is 7.91. The van der Waals surface area contributed by atoms with E-state index < -0.39 is 11.9 Å². The van der Waals surface area contributed by atoms with Crippen LogP contribution in [0.25, 0.3) is 28.1 Å². The Morgan fingerprint density at radius 2 is 1.90 bits per heavy atom. The molecule has 0 unspecified atom stereocenters. The van der Waals surface area contributed by atoms with E-state index in [0.717, 1.165) is 40.5 Å². The normalized spacial score (nSPS) is 13.7. The van der Waals surface area contributed by atoms with Gasteiger partial charge in [0.1, 0.15) is 22.9 Å². The molecule has 5 aromatic rings. The Hall–Kier alpha value is -4.55. The molecule has 1 aliphatic rings. The first-order chi connectivity index (χ1) is 18.9. The van der Waals surface area contributed by atoms with E-state index in [1.165, 1.54) is 6.33 Å². The van der Waals surface area contributed by atoms with Crippen LogP contribution in [0, 0.1) is 0 Å². The second-order valence-electron chi connectivity index (χ2n) is 9.10. The first-order valence-corrected chi connectivity index (χ1v) is 12.3. The van der Waals surface area contributed by atoms with Crippen molar-refractivity contribution in [3.05, 3.63) is 65.5 Å². The lowest BCUT2D eigenvalue weighted by Crippen LogP contribution is -2.07. The summed E-state index contributed by atoms with van der Waals surface area (Å²) < 4.78 is 51.7. The van der Waals surface area contributed by atoms with Crippen molar-refractivity contribution in [2.75, 3.05) is 13.7 Å². The minimum absolute atomic E-state index is 0.0206. The highest BCUT2D eigenvalue weighted by molar-refractivity contribution is 5.79. The Labute approximate surface area is 220 Å². The molecule has 6 rings (SSSR count). The number of hydrogen-bond donors (Lipinski definition) is 1. The van der Waals surface area contributed by atoms with Crippen molar-refractivity contribution in [2.45, 2.75) is 38.3 Å².